The molecule has 2 aromatic rings. The van der Waals surface area contributed by atoms with Gasteiger partial charge in [-0.15, -0.1) is 0 Å². The van der Waals surface area contributed by atoms with Crippen molar-refractivity contribution < 1.29 is 33.3 Å². The highest BCUT2D eigenvalue weighted by molar-refractivity contribution is 6.33. The SMILES string of the molecule is COc1cccc(OC)c1C(=O)NCC(=O)N(Cl)C(=O)c1c(OC)cccc1OC. The molecule has 0 fully saturated rings. The number of amides is 3. The van der Waals surface area contributed by atoms with Gasteiger partial charge in [-0.2, -0.15) is 4.42 Å². The van der Waals surface area contributed by atoms with Crippen LogP contribution in [-0.2, 0) is 4.79 Å². The first kappa shape index (κ1) is 22.8. The summed E-state index contributed by atoms with van der Waals surface area (Å²) in [7, 11) is 5.53. The summed E-state index contributed by atoms with van der Waals surface area (Å²) in [6, 6.07) is 9.48. The Bertz CT molecular complexity index is 904. The minimum Gasteiger partial charge on any atom is -0.496 e. The molecule has 2 rings (SSSR count). The third kappa shape index (κ3) is 4.74. The predicted molar refractivity (Wildman–Crippen MR) is 108 cm³/mol. The zero-order chi connectivity index (χ0) is 22.3. The lowest BCUT2D eigenvalue weighted by atomic mass is 10.1. The lowest BCUT2D eigenvalue weighted by molar-refractivity contribution is -0.123. The van der Waals surface area contributed by atoms with E-state index >= 15 is 0 Å². The van der Waals surface area contributed by atoms with E-state index < -0.39 is 24.3 Å². The van der Waals surface area contributed by atoms with E-state index in [4.69, 9.17) is 30.7 Å². The van der Waals surface area contributed by atoms with Crippen molar-refractivity contribution >= 4 is 29.5 Å². The van der Waals surface area contributed by atoms with Crippen LogP contribution in [0.1, 0.15) is 20.7 Å². The summed E-state index contributed by atoms with van der Waals surface area (Å²) < 4.78 is 21.0. The second-order valence-corrected chi connectivity index (χ2v) is 6.08. The van der Waals surface area contributed by atoms with Crippen LogP contribution < -0.4 is 24.3 Å². The minimum absolute atomic E-state index is 0.0245. The van der Waals surface area contributed by atoms with Gasteiger partial charge in [-0.05, 0) is 24.3 Å². The standard InChI is InChI=1S/C20H21ClN2O7/c1-27-12-7-5-8-13(28-2)17(12)19(25)22-11-16(24)23(21)20(26)18-14(29-3)9-6-10-15(18)30-4/h5-10H,11H2,1-4H3,(H,22,25). The smallest absolute Gasteiger partial charge is 0.282 e. The number of halogens is 1. The third-order valence-electron chi connectivity index (χ3n) is 4.09. The second-order valence-electron chi connectivity index (χ2n) is 5.74. The Morgan fingerprint density at radius 2 is 1.20 bits per heavy atom. The molecule has 0 aliphatic heterocycles. The van der Waals surface area contributed by atoms with Gasteiger partial charge in [-0.25, -0.2) is 0 Å². The fourth-order valence-corrected chi connectivity index (χ4v) is 2.81. The molecule has 0 unspecified atom stereocenters. The molecule has 10 heteroatoms. The van der Waals surface area contributed by atoms with Crippen molar-refractivity contribution in [3.05, 3.63) is 47.5 Å². The fraction of sp³-hybridized carbons (Fsp3) is 0.250. The average Bonchev–Trinajstić information content (AvgIpc) is 2.79. The van der Waals surface area contributed by atoms with Crippen molar-refractivity contribution in [2.75, 3.05) is 35.0 Å². The van der Waals surface area contributed by atoms with E-state index in [2.05, 4.69) is 5.32 Å². The Hall–Kier alpha value is -3.46. The van der Waals surface area contributed by atoms with E-state index in [1.54, 1.807) is 24.3 Å². The zero-order valence-corrected chi connectivity index (χ0v) is 17.6. The van der Waals surface area contributed by atoms with E-state index in [1.807, 2.05) is 0 Å². The van der Waals surface area contributed by atoms with Crippen LogP contribution in [0.15, 0.2) is 36.4 Å². The van der Waals surface area contributed by atoms with Crippen molar-refractivity contribution in [1.29, 1.82) is 0 Å². The summed E-state index contributed by atoms with van der Waals surface area (Å²) in [6.07, 6.45) is 0. The topological polar surface area (TPSA) is 103 Å². The lowest BCUT2D eigenvalue weighted by Gasteiger charge is -2.17. The Morgan fingerprint density at radius 1 is 0.800 bits per heavy atom. The molecule has 9 nitrogen and oxygen atoms in total. The highest BCUT2D eigenvalue weighted by Crippen LogP contribution is 2.30. The van der Waals surface area contributed by atoms with E-state index in [1.165, 1.54) is 40.6 Å². The number of hydrogen-bond donors (Lipinski definition) is 1. The van der Waals surface area contributed by atoms with Gasteiger partial charge in [0.05, 0.1) is 35.0 Å². The molecule has 2 aromatic carbocycles. The number of imide groups is 1. The van der Waals surface area contributed by atoms with Gasteiger partial charge in [-0.3, -0.25) is 14.4 Å². The number of rotatable bonds is 8. The fourth-order valence-electron chi connectivity index (χ4n) is 2.66. The maximum atomic E-state index is 12.7. The van der Waals surface area contributed by atoms with Crippen molar-refractivity contribution in [3.8, 4) is 23.0 Å². The summed E-state index contributed by atoms with van der Waals surface area (Å²) in [5.74, 6) is -1.48. The van der Waals surface area contributed by atoms with E-state index in [9.17, 15) is 14.4 Å². The highest BCUT2D eigenvalue weighted by atomic mass is 35.5. The molecule has 0 aromatic heterocycles. The summed E-state index contributed by atoms with van der Waals surface area (Å²) >= 11 is 5.94. The van der Waals surface area contributed by atoms with Crippen molar-refractivity contribution in [2.24, 2.45) is 0 Å². The first-order valence-electron chi connectivity index (χ1n) is 8.62. The molecule has 0 bridgehead atoms. The molecule has 0 aliphatic rings. The summed E-state index contributed by atoms with van der Waals surface area (Å²) in [5, 5.41) is 2.40. The van der Waals surface area contributed by atoms with Crippen molar-refractivity contribution in [2.45, 2.75) is 0 Å². The molecule has 0 saturated heterocycles. The number of hydrogen-bond acceptors (Lipinski definition) is 7. The Labute approximate surface area is 178 Å². The van der Waals surface area contributed by atoms with E-state index in [0.29, 0.717) is 4.42 Å². The molecule has 0 heterocycles. The van der Waals surface area contributed by atoms with Crippen LogP contribution in [-0.4, -0.2) is 57.1 Å². The quantitative estimate of drug-likeness (QED) is 0.633. The zero-order valence-electron chi connectivity index (χ0n) is 16.9. The van der Waals surface area contributed by atoms with Crippen LogP contribution in [0.3, 0.4) is 0 Å². The van der Waals surface area contributed by atoms with Gasteiger partial charge < -0.3 is 24.3 Å². The molecule has 160 valence electrons. The van der Waals surface area contributed by atoms with Crippen LogP contribution >= 0.6 is 11.8 Å². The Balaban J connectivity index is 2.16. The van der Waals surface area contributed by atoms with Gasteiger partial charge in [0.25, 0.3) is 17.7 Å². The molecular weight excluding hydrogens is 416 g/mol. The van der Waals surface area contributed by atoms with Crippen LogP contribution in [0.25, 0.3) is 0 Å². The molecule has 0 aliphatic carbocycles. The highest BCUT2D eigenvalue weighted by Gasteiger charge is 2.28. The lowest BCUT2D eigenvalue weighted by Crippen LogP contribution is -2.38. The Morgan fingerprint density at radius 3 is 1.60 bits per heavy atom. The molecule has 1 N–H and O–H groups in total. The minimum atomic E-state index is -0.864. The molecule has 0 saturated carbocycles. The maximum absolute atomic E-state index is 12.7. The van der Waals surface area contributed by atoms with Gasteiger partial charge in [0.2, 0.25) is 0 Å². The van der Waals surface area contributed by atoms with E-state index in [0.717, 1.165) is 0 Å². The number of benzene rings is 2. The van der Waals surface area contributed by atoms with Crippen LogP contribution in [0.2, 0.25) is 0 Å². The first-order valence-corrected chi connectivity index (χ1v) is 8.96. The molecule has 30 heavy (non-hydrogen) atoms. The maximum Gasteiger partial charge on any atom is 0.282 e. The summed E-state index contributed by atoms with van der Waals surface area (Å²) in [4.78, 5) is 37.7. The molecule has 0 atom stereocenters. The first-order chi connectivity index (χ1) is 14.4. The normalized spacial score (nSPS) is 10.0. The largest absolute Gasteiger partial charge is 0.496 e. The Kier molecular flexibility index (Phi) is 7.88. The van der Waals surface area contributed by atoms with Gasteiger partial charge in [0.15, 0.2) is 0 Å². The number of nitrogens with one attached hydrogen (secondary N) is 1. The van der Waals surface area contributed by atoms with E-state index in [-0.39, 0.29) is 34.1 Å². The molecule has 0 radical (unpaired) electrons. The summed E-state index contributed by atoms with van der Waals surface area (Å²) in [5.41, 5.74) is 0.0812. The van der Waals surface area contributed by atoms with Crippen molar-refractivity contribution in [1.82, 2.24) is 9.74 Å². The van der Waals surface area contributed by atoms with Crippen LogP contribution in [0.4, 0.5) is 0 Å². The molecule has 3 amide bonds. The van der Waals surface area contributed by atoms with Crippen LogP contribution in [0.5, 0.6) is 23.0 Å². The number of carbonyl (C=O) groups is 3. The summed E-state index contributed by atoms with van der Waals surface area (Å²) in [6.45, 7) is -0.549. The van der Waals surface area contributed by atoms with Gasteiger partial charge in [0, 0.05) is 11.8 Å². The molecule has 0 spiro atoms. The van der Waals surface area contributed by atoms with Crippen molar-refractivity contribution in [3.63, 3.8) is 0 Å². The van der Waals surface area contributed by atoms with Gasteiger partial charge in [-0.1, -0.05) is 12.1 Å². The van der Waals surface area contributed by atoms with Gasteiger partial charge >= 0.3 is 0 Å². The van der Waals surface area contributed by atoms with Crippen LogP contribution in [0, 0.1) is 0 Å². The third-order valence-corrected chi connectivity index (χ3v) is 4.44. The molecular formula is C20H21ClN2O7. The number of methoxy groups -OCH3 is 4. The number of nitrogens with zero attached hydrogens (tertiary/aromatic N) is 1. The average molecular weight is 437 g/mol. The number of carbonyl (C=O) groups excluding carboxylic acids is 3. The number of ether oxygens (including phenoxy) is 4. The van der Waals surface area contributed by atoms with Gasteiger partial charge in [0.1, 0.15) is 34.1 Å². The predicted octanol–water partition coefficient (Wildman–Crippen LogP) is 2.27. The monoisotopic (exact) mass is 436 g/mol. The second kappa shape index (κ2) is 10.4.